The topological polar surface area (TPSA) is 119 Å². The van der Waals surface area contributed by atoms with Crippen molar-refractivity contribution in [3.63, 3.8) is 0 Å². The van der Waals surface area contributed by atoms with Crippen LogP contribution in [0.2, 0.25) is 0 Å². The van der Waals surface area contributed by atoms with Crippen molar-refractivity contribution in [3.8, 4) is 0 Å². The molecule has 29 heavy (non-hydrogen) atoms. The molecular weight excluding hydrogens is 396 g/mol. The number of aromatic nitrogens is 2. The number of rotatable bonds is 10. The lowest BCUT2D eigenvalue weighted by Crippen LogP contribution is -2.46. The molecule has 0 saturated heterocycles. The van der Waals surface area contributed by atoms with E-state index in [1.54, 1.807) is 0 Å². The zero-order chi connectivity index (χ0) is 21.4. The van der Waals surface area contributed by atoms with Crippen LogP contribution in [0.3, 0.4) is 0 Å². The van der Waals surface area contributed by atoms with Gasteiger partial charge >= 0.3 is 5.97 Å². The number of nitrogens with one attached hydrogen (secondary N) is 2. The van der Waals surface area contributed by atoms with Gasteiger partial charge in [-0.05, 0) is 17.9 Å². The standard InChI is InChI=1S/C19H26N4O5S/c1-14(2)9-17(19(25)28-3)22-18(24)11-21-29(26,27)16-10-20-23(13-16)12-15-7-5-4-6-8-15/h4-8,10,13-14,17,21H,9,11-12H2,1-3H3,(H,22,24)/t17-/m0/s1. The average Bonchev–Trinajstić information content (AvgIpc) is 3.15. The molecule has 0 bridgehead atoms. The SMILES string of the molecule is COC(=O)[C@H](CC(C)C)NC(=O)CNS(=O)(=O)c1cnn(Cc2ccccc2)c1. The largest absolute Gasteiger partial charge is 0.467 e. The van der Waals surface area contributed by atoms with Crippen LogP contribution >= 0.6 is 0 Å². The highest BCUT2D eigenvalue weighted by molar-refractivity contribution is 7.89. The number of esters is 1. The van der Waals surface area contributed by atoms with E-state index in [1.165, 1.54) is 24.2 Å². The summed E-state index contributed by atoms with van der Waals surface area (Å²) in [4.78, 5) is 23.8. The minimum Gasteiger partial charge on any atom is -0.467 e. The third-order valence-electron chi connectivity index (χ3n) is 4.06. The number of hydrogen-bond donors (Lipinski definition) is 2. The fraction of sp³-hybridized carbons (Fsp3) is 0.421. The maximum Gasteiger partial charge on any atom is 0.328 e. The molecule has 10 heteroatoms. The number of carbonyl (C=O) groups is 2. The number of carbonyl (C=O) groups excluding carboxylic acids is 2. The minimum absolute atomic E-state index is 0.0482. The second kappa shape index (κ2) is 10.2. The molecule has 1 heterocycles. The Kier molecular flexibility index (Phi) is 7.91. The van der Waals surface area contributed by atoms with Crippen molar-refractivity contribution in [2.45, 2.75) is 37.8 Å². The van der Waals surface area contributed by atoms with Crippen molar-refractivity contribution in [1.82, 2.24) is 19.8 Å². The second-order valence-electron chi connectivity index (χ2n) is 6.96. The molecule has 2 rings (SSSR count). The van der Waals surface area contributed by atoms with E-state index >= 15 is 0 Å². The third kappa shape index (κ3) is 6.99. The van der Waals surface area contributed by atoms with Gasteiger partial charge in [-0.15, -0.1) is 0 Å². The van der Waals surface area contributed by atoms with Gasteiger partial charge in [0.25, 0.3) is 0 Å². The van der Waals surface area contributed by atoms with Crippen LogP contribution in [0.5, 0.6) is 0 Å². The number of sulfonamides is 1. The summed E-state index contributed by atoms with van der Waals surface area (Å²) in [6.07, 6.45) is 3.00. The fourth-order valence-corrected chi connectivity index (χ4v) is 3.59. The molecule has 0 aliphatic heterocycles. The Bertz CT molecular complexity index is 925. The van der Waals surface area contributed by atoms with Crippen LogP contribution in [0.4, 0.5) is 0 Å². The molecule has 0 fully saturated rings. The Labute approximate surface area is 170 Å². The van der Waals surface area contributed by atoms with Crippen molar-refractivity contribution >= 4 is 21.9 Å². The zero-order valence-electron chi connectivity index (χ0n) is 16.7. The summed E-state index contributed by atoms with van der Waals surface area (Å²) in [6, 6.07) is 8.66. The lowest BCUT2D eigenvalue weighted by Gasteiger charge is -2.18. The van der Waals surface area contributed by atoms with Crippen LogP contribution in [0.15, 0.2) is 47.6 Å². The Morgan fingerprint density at radius 2 is 1.90 bits per heavy atom. The fourth-order valence-electron chi connectivity index (χ4n) is 2.66. The van der Waals surface area contributed by atoms with E-state index < -0.39 is 34.5 Å². The van der Waals surface area contributed by atoms with Gasteiger partial charge in [0.15, 0.2) is 0 Å². The molecule has 0 saturated carbocycles. The number of ether oxygens (including phenoxy) is 1. The summed E-state index contributed by atoms with van der Waals surface area (Å²) in [5.74, 6) is -1.05. The first-order chi connectivity index (χ1) is 13.7. The van der Waals surface area contributed by atoms with Crippen LogP contribution < -0.4 is 10.0 Å². The van der Waals surface area contributed by atoms with Crippen LogP contribution in [-0.2, 0) is 30.9 Å². The summed E-state index contributed by atoms with van der Waals surface area (Å²) in [6.45, 7) is 3.72. The van der Waals surface area contributed by atoms with Gasteiger partial charge in [-0.2, -0.15) is 5.10 Å². The smallest absolute Gasteiger partial charge is 0.328 e. The lowest BCUT2D eigenvalue weighted by atomic mass is 10.0. The van der Waals surface area contributed by atoms with Gasteiger partial charge in [-0.25, -0.2) is 17.9 Å². The van der Waals surface area contributed by atoms with E-state index in [1.807, 2.05) is 44.2 Å². The molecule has 1 amide bonds. The van der Waals surface area contributed by atoms with Crippen LogP contribution in [0, 0.1) is 5.92 Å². The minimum atomic E-state index is -3.92. The first kappa shape index (κ1) is 22.6. The molecule has 0 aliphatic rings. The van der Waals surface area contributed by atoms with Gasteiger partial charge in [0.1, 0.15) is 10.9 Å². The van der Waals surface area contributed by atoms with Gasteiger partial charge in [-0.3, -0.25) is 9.48 Å². The first-order valence-corrected chi connectivity index (χ1v) is 10.6. The molecule has 0 spiro atoms. The van der Waals surface area contributed by atoms with E-state index in [2.05, 4.69) is 19.9 Å². The van der Waals surface area contributed by atoms with E-state index in [0.29, 0.717) is 13.0 Å². The van der Waals surface area contributed by atoms with E-state index in [0.717, 1.165) is 5.56 Å². The summed E-state index contributed by atoms with van der Waals surface area (Å²) < 4.78 is 33.2. The molecule has 1 aromatic heterocycles. The highest BCUT2D eigenvalue weighted by Crippen LogP contribution is 2.09. The van der Waals surface area contributed by atoms with Gasteiger partial charge in [0.2, 0.25) is 15.9 Å². The zero-order valence-corrected chi connectivity index (χ0v) is 17.5. The second-order valence-corrected chi connectivity index (χ2v) is 8.72. The normalized spacial score (nSPS) is 12.6. The van der Waals surface area contributed by atoms with Gasteiger partial charge < -0.3 is 10.1 Å². The monoisotopic (exact) mass is 422 g/mol. The van der Waals surface area contributed by atoms with Crippen molar-refractivity contribution in [2.24, 2.45) is 5.92 Å². The van der Waals surface area contributed by atoms with E-state index in [9.17, 15) is 18.0 Å². The van der Waals surface area contributed by atoms with Gasteiger partial charge in [0, 0.05) is 6.20 Å². The number of methoxy groups -OCH3 is 1. The molecule has 0 aliphatic carbocycles. The van der Waals surface area contributed by atoms with Gasteiger partial charge in [0.05, 0.1) is 26.4 Å². The third-order valence-corrected chi connectivity index (χ3v) is 5.41. The highest BCUT2D eigenvalue weighted by atomic mass is 32.2. The molecule has 1 aromatic carbocycles. The summed E-state index contributed by atoms with van der Waals surface area (Å²) >= 11 is 0. The molecule has 2 aromatic rings. The highest BCUT2D eigenvalue weighted by Gasteiger charge is 2.24. The van der Waals surface area contributed by atoms with Crippen LogP contribution in [0.1, 0.15) is 25.8 Å². The summed E-state index contributed by atoms with van der Waals surface area (Å²) in [5.41, 5.74) is 0.978. The van der Waals surface area contributed by atoms with Crippen LogP contribution in [-0.4, -0.2) is 49.8 Å². The predicted molar refractivity (Wildman–Crippen MR) is 106 cm³/mol. The van der Waals surface area contributed by atoms with Crippen molar-refractivity contribution in [3.05, 3.63) is 48.3 Å². The van der Waals surface area contributed by atoms with Crippen molar-refractivity contribution < 1.29 is 22.7 Å². The van der Waals surface area contributed by atoms with Crippen molar-refractivity contribution in [1.29, 1.82) is 0 Å². The summed E-state index contributed by atoms with van der Waals surface area (Å²) in [7, 11) is -2.69. The van der Waals surface area contributed by atoms with E-state index in [-0.39, 0.29) is 10.8 Å². The number of hydrogen-bond acceptors (Lipinski definition) is 6. The first-order valence-electron chi connectivity index (χ1n) is 9.14. The average molecular weight is 423 g/mol. The van der Waals surface area contributed by atoms with Crippen molar-refractivity contribution in [2.75, 3.05) is 13.7 Å². The Balaban J connectivity index is 1.95. The molecule has 2 N–H and O–H groups in total. The van der Waals surface area contributed by atoms with Crippen LogP contribution in [0.25, 0.3) is 0 Å². The Hall–Kier alpha value is -2.72. The maximum absolute atomic E-state index is 12.4. The lowest BCUT2D eigenvalue weighted by molar-refractivity contribution is -0.145. The van der Waals surface area contributed by atoms with Gasteiger partial charge in [-0.1, -0.05) is 44.2 Å². The van der Waals surface area contributed by atoms with E-state index in [4.69, 9.17) is 0 Å². The Morgan fingerprint density at radius 1 is 1.21 bits per heavy atom. The molecule has 0 unspecified atom stereocenters. The molecule has 158 valence electrons. The molecule has 1 atom stereocenters. The number of benzene rings is 1. The Morgan fingerprint density at radius 3 is 2.52 bits per heavy atom. The molecular formula is C19H26N4O5S. The quantitative estimate of drug-likeness (QED) is 0.550. The maximum atomic E-state index is 12.4. The number of nitrogens with zero attached hydrogens (tertiary/aromatic N) is 2. The predicted octanol–water partition coefficient (Wildman–Crippen LogP) is 0.914. The molecule has 0 radical (unpaired) electrons. The summed E-state index contributed by atoms with van der Waals surface area (Å²) in [5, 5.41) is 6.56. The number of amides is 1. The molecule has 9 nitrogen and oxygen atoms in total.